The second-order valence-corrected chi connectivity index (χ2v) is 5.42. The van der Waals surface area contributed by atoms with Gasteiger partial charge in [0.1, 0.15) is 17.5 Å². The molecule has 1 unspecified atom stereocenters. The first kappa shape index (κ1) is 15.6. The highest BCUT2D eigenvalue weighted by Gasteiger charge is 2.25. The van der Waals surface area contributed by atoms with Gasteiger partial charge in [-0.1, -0.05) is 19.3 Å². The SMILES string of the molecule is COc1cc(OC)cc(C(NC2CCCCC2)C(=O)O)c1. The van der Waals surface area contributed by atoms with Crippen molar-refractivity contribution in [2.75, 3.05) is 14.2 Å². The molecule has 0 heterocycles. The molecule has 116 valence electrons. The molecule has 1 fully saturated rings. The number of benzene rings is 1. The predicted octanol–water partition coefficient (Wildman–Crippen LogP) is 2.75. The fourth-order valence-corrected chi connectivity index (χ4v) is 2.81. The van der Waals surface area contributed by atoms with E-state index >= 15 is 0 Å². The second kappa shape index (κ2) is 7.31. The van der Waals surface area contributed by atoms with Crippen molar-refractivity contribution in [3.63, 3.8) is 0 Å². The Morgan fingerprint density at radius 1 is 1.14 bits per heavy atom. The third kappa shape index (κ3) is 4.11. The highest BCUT2D eigenvalue weighted by atomic mass is 16.5. The summed E-state index contributed by atoms with van der Waals surface area (Å²) >= 11 is 0. The van der Waals surface area contributed by atoms with Crippen LogP contribution in [0.15, 0.2) is 18.2 Å². The minimum Gasteiger partial charge on any atom is -0.497 e. The lowest BCUT2D eigenvalue weighted by molar-refractivity contribution is -0.140. The number of rotatable bonds is 6. The van der Waals surface area contributed by atoms with Crippen molar-refractivity contribution in [3.05, 3.63) is 23.8 Å². The Hall–Kier alpha value is -1.75. The first-order valence-electron chi connectivity index (χ1n) is 7.36. The summed E-state index contributed by atoms with van der Waals surface area (Å²) in [5, 5.41) is 12.8. The van der Waals surface area contributed by atoms with E-state index < -0.39 is 12.0 Å². The fourth-order valence-electron chi connectivity index (χ4n) is 2.81. The van der Waals surface area contributed by atoms with Crippen LogP contribution in [0, 0.1) is 0 Å². The highest BCUT2D eigenvalue weighted by molar-refractivity contribution is 5.76. The number of carboxylic acid groups (broad SMARTS) is 1. The Morgan fingerprint density at radius 3 is 2.19 bits per heavy atom. The average Bonchev–Trinajstić information content (AvgIpc) is 2.52. The van der Waals surface area contributed by atoms with E-state index in [4.69, 9.17) is 9.47 Å². The van der Waals surface area contributed by atoms with Gasteiger partial charge in [0.15, 0.2) is 0 Å². The monoisotopic (exact) mass is 293 g/mol. The Balaban J connectivity index is 2.22. The Kier molecular flexibility index (Phi) is 5.44. The molecule has 1 atom stereocenters. The van der Waals surface area contributed by atoms with Gasteiger partial charge in [0.2, 0.25) is 0 Å². The molecule has 1 aromatic rings. The van der Waals surface area contributed by atoms with Gasteiger partial charge in [0.25, 0.3) is 0 Å². The van der Waals surface area contributed by atoms with Crippen LogP contribution in [-0.4, -0.2) is 31.3 Å². The predicted molar refractivity (Wildman–Crippen MR) is 79.9 cm³/mol. The lowest BCUT2D eigenvalue weighted by Crippen LogP contribution is -2.38. The van der Waals surface area contributed by atoms with Gasteiger partial charge >= 0.3 is 5.97 Å². The van der Waals surface area contributed by atoms with Crippen LogP contribution in [0.4, 0.5) is 0 Å². The summed E-state index contributed by atoms with van der Waals surface area (Å²) in [5.74, 6) is 0.318. The quantitative estimate of drug-likeness (QED) is 0.844. The van der Waals surface area contributed by atoms with Crippen LogP contribution >= 0.6 is 0 Å². The van der Waals surface area contributed by atoms with Crippen molar-refractivity contribution in [3.8, 4) is 11.5 Å². The minimum atomic E-state index is -0.879. The molecule has 0 aromatic heterocycles. The lowest BCUT2D eigenvalue weighted by Gasteiger charge is -2.27. The molecule has 1 aliphatic carbocycles. The number of carboxylic acids is 1. The van der Waals surface area contributed by atoms with Gasteiger partial charge < -0.3 is 14.6 Å². The number of methoxy groups -OCH3 is 2. The molecule has 5 nitrogen and oxygen atoms in total. The van der Waals surface area contributed by atoms with E-state index in [2.05, 4.69) is 5.32 Å². The van der Waals surface area contributed by atoms with Gasteiger partial charge in [-0.05, 0) is 30.5 Å². The van der Waals surface area contributed by atoms with Crippen molar-refractivity contribution in [1.82, 2.24) is 5.32 Å². The van der Waals surface area contributed by atoms with E-state index in [1.165, 1.54) is 6.42 Å². The molecule has 0 saturated heterocycles. The summed E-state index contributed by atoms with van der Waals surface area (Å²) in [6.45, 7) is 0. The van der Waals surface area contributed by atoms with E-state index in [1.807, 2.05) is 0 Å². The molecule has 2 N–H and O–H groups in total. The molecule has 1 aliphatic rings. The smallest absolute Gasteiger partial charge is 0.325 e. The molecule has 21 heavy (non-hydrogen) atoms. The van der Waals surface area contributed by atoms with Crippen molar-refractivity contribution in [2.45, 2.75) is 44.2 Å². The first-order chi connectivity index (χ1) is 10.1. The number of nitrogens with one attached hydrogen (secondary N) is 1. The highest BCUT2D eigenvalue weighted by Crippen LogP contribution is 2.28. The van der Waals surface area contributed by atoms with Gasteiger partial charge in [-0.2, -0.15) is 0 Å². The molecule has 1 aromatic carbocycles. The van der Waals surface area contributed by atoms with Gasteiger partial charge in [-0.3, -0.25) is 10.1 Å². The Morgan fingerprint density at radius 2 is 1.71 bits per heavy atom. The van der Waals surface area contributed by atoms with Crippen LogP contribution in [0.2, 0.25) is 0 Å². The molecular formula is C16H23NO4. The van der Waals surface area contributed by atoms with Gasteiger partial charge in [-0.25, -0.2) is 0 Å². The van der Waals surface area contributed by atoms with E-state index in [-0.39, 0.29) is 6.04 Å². The third-order valence-electron chi connectivity index (χ3n) is 3.96. The summed E-state index contributed by atoms with van der Waals surface area (Å²) in [6, 6.07) is 4.76. The first-order valence-corrected chi connectivity index (χ1v) is 7.36. The van der Waals surface area contributed by atoms with E-state index in [0.29, 0.717) is 17.1 Å². The van der Waals surface area contributed by atoms with Gasteiger partial charge in [0.05, 0.1) is 14.2 Å². The maximum Gasteiger partial charge on any atom is 0.325 e. The van der Waals surface area contributed by atoms with E-state index in [0.717, 1.165) is 25.7 Å². The zero-order chi connectivity index (χ0) is 15.2. The number of hydrogen-bond donors (Lipinski definition) is 2. The van der Waals surface area contributed by atoms with Crippen molar-refractivity contribution in [1.29, 1.82) is 0 Å². The number of aliphatic carboxylic acids is 1. The maximum absolute atomic E-state index is 11.6. The minimum absolute atomic E-state index is 0.261. The summed E-state index contributed by atoms with van der Waals surface area (Å²) in [4.78, 5) is 11.6. The average molecular weight is 293 g/mol. The van der Waals surface area contributed by atoms with Crippen LogP contribution in [0.3, 0.4) is 0 Å². The normalized spacial score (nSPS) is 17.2. The van der Waals surface area contributed by atoms with Crippen LogP contribution in [0.5, 0.6) is 11.5 Å². The molecule has 5 heteroatoms. The van der Waals surface area contributed by atoms with Crippen LogP contribution in [-0.2, 0) is 4.79 Å². The zero-order valence-corrected chi connectivity index (χ0v) is 12.6. The van der Waals surface area contributed by atoms with E-state index in [1.54, 1.807) is 32.4 Å². The van der Waals surface area contributed by atoms with Crippen LogP contribution in [0.1, 0.15) is 43.7 Å². The molecule has 0 amide bonds. The second-order valence-electron chi connectivity index (χ2n) is 5.42. The molecule has 0 aliphatic heterocycles. The van der Waals surface area contributed by atoms with Crippen molar-refractivity contribution in [2.24, 2.45) is 0 Å². The standard InChI is InChI=1S/C16H23NO4/c1-20-13-8-11(9-14(10-13)21-2)15(16(18)19)17-12-6-4-3-5-7-12/h8-10,12,15,17H,3-7H2,1-2H3,(H,18,19). The maximum atomic E-state index is 11.6. The Labute approximate surface area is 125 Å². The summed E-state index contributed by atoms with van der Waals surface area (Å²) in [5.41, 5.74) is 0.657. The molecule has 0 radical (unpaired) electrons. The van der Waals surface area contributed by atoms with Gasteiger partial charge in [0, 0.05) is 12.1 Å². The van der Waals surface area contributed by atoms with Gasteiger partial charge in [-0.15, -0.1) is 0 Å². The summed E-state index contributed by atoms with van der Waals surface area (Å²) in [7, 11) is 3.12. The zero-order valence-electron chi connectivity index (χ0n) is 12.6. The molecule has 0 spiro atoms. The van der Waals surface area contributed by atoms with Crippen LogP contribution < -0.4 is 14.8 Å². The Bertz CT molecular complexity index is 461. The number of carbonyl (C=O) groups is 1. The summed E-state index contributed by atoms with van der Waals surface area (Å²) in [6.07, 6.45) is 5.62. The lowest BCUT2D eigenvalue weighted by atomic mass is 9.94. The largest absolute Gasteiger partial charge is 0.497 e. The van der Waals surface area contributed by atoms with Crippen LogP contribution in [0.25, 0.3) is 0 Å². The molecule has 1 saturated carbocycles. The number of hydrogen-bond acceptors (Lipinski definition) is 4. The van der Waals surface area contributed by atoms with Crippen molar-refractivity contribution >= 4 is 5.97 Å². The molecular weight excluding hydrogens is 270 g/mol. The summed E-state index contributed by atoms with van der Waals surface area (Å²) < 4.78 is 10.4. The molecule has 0 bridgehead atoms. The fraction of sp³-hybridized carbons (Fsp3) is 0.562. The van der Waals surface area contributed by atoms with E-state index in [9.17, 15) is 9.90 Å². The number of ether oxygens (including phenoxy) is 2. The van der Waals surface area contributed by atoms with Crippen molar-refractivity contribution < 1.29 is 19.4 Å². The molecule has 2 rings (SSSR count). The topological polar surface area (TPSA) is 67.8 Å². The third-order valence-corrected chi connectivity index (χ3v) is 3.96.